The molecule has 13 heteroatoms. The molecule has 3 aromatic rings. The van der Waals surface area contributed by atoms with Gasteiger partial charge in [0.25, 0.3) is 5.56 Å². The number of aromatic nitrogens is 4. The van der Waals surface area contributed by atoms with E-state index in [4.69, 9.17) is 4.74 Å². The number of ether oxygens (including phenoxy) is 1. The van der Waals surface area contributed by atoms with Gasteiger partial charge in [-0.15, -0.1) is 0 Å². The molecule has 188 valence electrons. The lowest BCUT2D eigenvalue weighted by atomic mass is 10.0. The molecular weight excluding hydrogens is 467 g/mol. The second-order valence-corrected chi connectivity index (χ2v) is 8.57. The molecule has 1 saturated heterocycles. The summed E-state index contributed by atoms with van der Waals surface area (Å²) in [6.45, 7) is 2.91. The fraction of sp³-hybridized carbons (Fsp3) is 0.455. The van der Waals surface area contributed by atoms with Gasteiger partial charge in [0.05, 0.1) is 23.9 Å². The summed E-state index contributed by atoms with van der Waals surface area (Å²) in [5, 5.41) is 2.33. The number of aryl methyl sites for hydroxylation is 2. The number of carbonyl (C=O) groups is 1. The summed E-state index contributed by atoms with van der Waals surface area (Å²) >= 11 is 0. The van der Waals surface area contributed by atoms with E-state index in [-0.39, 0.29) is 6.04 Å². The Morgan fingerprint density at radius 1 is 1.37 bits per heavy atom. The molecule has 2 unspecified atom stereocenters. The van der Waals surface area contributed by atoms with Crippen LogP contribution in [0, 0.1) is 6.92 Å². The minimum Gasteiger partial charge on any atom is -0.377 e. The molecule has 35 heavy (non-hydrogen) atoms. The van der Waals surface area contributed by atoms with Crippen molar-refractivity contribution in [1.29, 1.82) is 0 Å². The third-order valence-electron chi connectivity index (χ3n) is 6.28. The summed E-state index contributed by atoms with van der Waals surface area (Å²) in [5.41, 5.74) is 0.225. The zero-order valence-corrected chi connectivity index (χ0v) is 19.7. The summed E-state index contributed by atoms with van der Waals surface area (Å²) in [5.74, 6) is 0.681. The summed E-state index contributed by atoms with van der Waals surface area (Å²) in [4.78, 5) is 40.7. The number of alkyl halides is 3. The molecule has 3 aromatic heterocycles. The average Bonchev–Trinajstić information content (AvgIpc) is 3.20. The van der Waals surface area contributed by atoms with Crippen molar-refractivity contribution in [2.75, 3.05) is 37.5 Å². The lowest BCUT2D eigenvalue weighted by Gasteiger charge is -2.42. The third-order valence-corrected chi connectivity index (χ3v) is 6.28. The van der Waals surface area contributed by atoms with Crippen molar-refractivity contribution >= 4 is 28.7 Å². The number of pyridine rings is 1. The van der Waals surface area contributed by atoms with E-state index in [1.54, 1.807) is 6.20 Å². The van der Waals surface area contributed by atoms with Crippen LogP contribution in [0.15, 0.2) is 29.5 Å². The molecule has 0 aliphatic carbocycles. The molecule has 2 amide bonds. The Balaban J connectivity index is 1.49. The van der Waals surface area contributed by atoms with Crippen LogP contribution in [0.25, 0.3) is 11.2 Å². The number of aromatic amines is 1. The average molecular weight is 493 g/mol. The second-order valence-electron chi connectivity index (χ2n) is 8.57. The number of nitrogens with zero attached hydrogens (tertiary/aromatic N) is 5. The Morgan fingerprint density at radius 3 is 2.80 bits per heavy atom. The number of fused-ring (bicyclic) bond motifs is 1. The van der Waals surface area contributed by atoms with Gasteiger partial charge >= 0.3 is 12.2 Å². The Labute approximate surface area is 198 Å². The minimum absolute atomic E-state index is 0.378. The lowest BCUT2D eigenvalue weighted by Crippen LogP contribution is -2.56. The zero-order valence-electron chi connectivity index (χ0n) is 19.7. The topological polar surface area (TPSA) is 108 Å². The molecule has 10 nitrogen and oxygen atoms in total. The molecule has 0 bridgehead atoms. The summed E-state index contributed by atoms with van der Waals surface area (Å²) in [6, 6.07) is -0.440. The van der Waals surface area contributed by atoms with E-state index in [1.165, 1.54) is 26.1 Å². The van der Waals surface area contributed by atoms with Crippen LogP contribution >= 0.6 is 0 Å². The number of hydrogen-bond acceptors (Lipinski definition) is 6. The molecular formula is C22H26F3N7O3. The SMILES string of the molecule is COC1CN(c2cnc3[nH]cc(C)c3n2)CCC1N(C)C(=O)Nc1cc(C(F)(F)F)cn(C)c1=O. The monoisotopic (exact) mass is 493 g/mol. The Kier molecular flexibility index (Phi) is 6.45. The number of hydrogen-bond donors (Lipinski definition) is 2. The number of urea groups is 1. The zero-order chi connectivity index (χ0) is 25.5. The van der Waals surface area contributed by atoms with Gasteiger partial charge in [-0.1, -0.05) is 0 Å². The van der Waals surface area contributed by atoms with Crippen LogP contribution in [0.5, 0.6) is 0 Å². The highest BCUT2D eigenvalue weighted by atomic mass is 19.4. The van der Waals surface area contributed by atoms with E-state index < -0.39 is 35.1 Å². The predicted octanol–water partition coefficient (Wildman–Crippen LogP) is 2.74. The van der Waals surface area contributed by atoms with Gasteiger partial charge < -0.3 is 29.4 Å². The number of H-pyrrole nitrogens is 1. The van der Waals surface area contributed by atoms with Crippen LogP contribution in [0.1, 0.15) is 17.5 Å². The minimum atomic E-state index is -4.66. The summed E-state index contributed by atoms with van der Waals surface area (Å²) in [6.07, 6.45) is -0.360. The Morgan fingerprint density at radius 2 is 2.11 bits per heavy atom. The largest absolute Gasteiger partial charge is 0.417 e. The highest BCUT2D eigenvalue weighted by Crippen LogP contribution is 2.30. The van der Waals surface area contributed by atoms with Crippen LogP contribution < -0.4 is 15.8 Å². The number of carbonyl (C=O) groups excluding carboxylic acids is 1. The van der Waals surface area contributed by atoms with Crippen molar-refractivity contribution in [2.24, 2.45) is 7.05 Å². The van der Waals surface area contributed by atoms with Crippen molar-refractivity contribution in [3.63, 3.8) is 0 Å². The highest BCUT2D eigenvalue weighted by molar-refractivity contribution is 5.89. The first-order chi connectivity index (χ1) is 16.5. The molecule has 1 fully saturated rings. The van der Waals surface area contributed by atoms with Crippen molar-refractivity contribution in [3.05, 3.63) is 46.1 Å². The molecule has 4 rings (SSSR count). The van der Waals surface area contributed by atoms with Crippen LogP contribution in [0.3, 0.4) is 0 Å². The van der Waals surface area contributed by atoms with Crippen LogP contribution in [0.4, 0.5) is 29.5 Å². The number of amides is 2. The van der Waals surface area contributed by atoms with Crippen molar-refractivity contribution in [1.82, 2.24) is 24.4 Å². The van der Waals surface area contributed by atoms with Gasteiger partial charge in [0.2, 0.25) is 0 Å². The number of rotatable bonds is 4. The standard InChI is InChI=1S/C22H26F3N7O3/c1-12-8-26-19-18(12)29-17(9-27-19)32-6-5-15(16(11-32)35-4)31(3)21(34)28-14-7-13(22(23,24)25)10-30(2)20(14)33/h7-10,15-16H,5-6,11H2,1-4H3,(H,26,27)(H,28,34). The first kappa shape index (κ1) is 24.5. The maximum absolute atomic E-state index is 13.2. The number of halogens is 3. The van der Waals surface area contributed by atoms with E-state index in [0.29, 0.717) is 43.2 Å². The Bertz CT molecular complexity index is 1300. The van der Waals surface area contributed by atoms with E-state index in [0.717, 1.165) is 15.6 Å². The third kappa shape index (κ3) is 4.81. The van der Waals surface area contributed by atoms with E-state index >= 15 is 0 Å². The smallest absolute Gasteiger partial charge is 0.377 e. The molecule has 2 atom stereocenters. The molecule has 0 spiro atoms. The van der Waals surface area contributed by atoms with Crippen LogP contribution in [-0.4, -0.2) is 69.8 Å². The number of likely N-dealkylation sites (N-methyl/N-ethyl adjacent to an activating group) is 1. The molecule has 0 radical (unpaired) electrons. The lowest BCUT2D eigenvalue weighted by molar-refractivity contribution is -0.138. The normalized spacial score (nSPS) is 18.7. The molecule has 0 aromatic carbocycles. The molecule has 4 heterocycles. The van der Waals surface area contributed by atoms with Gasteiger partial charge in [0.15, 0.2) is 5.65 Å². The van der Waals surface area contributed by atoms with Gasteiger partial charge in [0, 0.05) is 46.7 Å². The molecule has 2 N–H and O–H groups in total. The van der Waals surface area contributed by atoms with Gasteiger partial charge in [0.1, 0.15) is 17.0 Å². The number of piperidine rings is 1. The molecule has 1 aliphatic heterocycles. The maximum atomic E-state index is 13.2. The highest BCUT2D eigenvalue weighted by Gasteiger charge is 2.36. The quantitative estimate of drug-likeness (QED) is 0.579. The number of methoxy groups -OCH3 is 1. The fourth-order valence-corrected chi connectivity index (χ4v) is 4.25. The van der Waals surface area contributed by atoms with Gasteiger partial charge in [-0.05, 0) is 25.0 Å². The van der Waals surface area contributed by atoms with Crippen LogP contribution in [-0.2, 0) is 18.0 Å². The number of nitrogens with one attached hydrogen (secondary N) is 2. The molecule has 0 saturated carbocycles. The van der Waals surface area contributed by atoms with E-state index in [1.807, 2.05) is 18.0 Å². The summed E-state index contributed by atoms with van der Waals surface area (Å²) < 4.78 is 45.9. The van der Waals surface area contributed by atoms with E-state index in [2.05, 4.69) is 20.3 Å². The number of anilines is 2. The maximum Gasteiger partial charge on any atom is 0.417 e. The Hall–Kier alpha value is -3.61. The molecule has 1 aliphatic rings. The van der Waals surface area contributed by atoms with Crippen molar-refractivity contribution < 1.29 is 22.7 Å². The van der Waals surface area contributed by atoms with Crippen molar-refractivity contribution in [3.8, 4) is 0 Å². The van der Waals surface area contributed by atoms with Gasteiger partial charge in [-0.25, -0.2) is 14.8 Å². The van der Waals surface area contributed by atoms with Crippen molar-refractivity contribution in [2.45, 2.75) is 31.7 Å². The first-order valence-electron chi connectivity index (χ1n) is 10.9. The fourth-order valence-electron chi connectivity index (χ4n) is 4.25. The first-order valence-corrected chi connectivity index (χ1v) is 10.9. The summed E-state index contributed by atoms with van der Waals surface area (Å²) in [7, 11) is 4.25. The van der Waals surface area contributed by atoms with Gasteiger partial charge in [-0.3, -0.25) is 4.79 Å². The van der Waals surface area contributed by atoms with Gasteiger partial charge in [-0.2, -0.15) is 13.2 Å². The second kappa shape index (κ2) is 9.21. The predicted molar refractivity (Wildman–Crippen MR) is 124 cm³/mol. The van der Waals surface area contributed by atoms with E-state index in [9.17, 15) is 22.8 Å². The van der Waals surface area contributed by atoms with Crippen LogP contribution in [0.2, 0.25) is 0 Å².